The molecular weight excluding hydrogens is 300 g/mol. The molecule has 0 atom stereocenters. The van der Waals surface area contributed by atoms with Crippen molar-refractivity contribution in [2.24, 2.45) is 4.99 Å². The minimum absolute atomic E-state index is 0.533. The fraction of sp³-hybridized carbons (Fsp3) is 0.474. The van der Waals surface area contributed by atoms with E-state index >= 15 is 0 Å². The van der Waals surface area contributed by atoms with Crippen LogP contribution in [0.1, 0.15) is 49.7 Å². The standard InChI is InChI=1S/C19H24N4O/c1-3-7-16(8-4-1)22-19(23-11-5-2-6-12-23)21-14-17-13-20-18(24-17)15-9-10-15/h1,3-4,7-8,13,15H,2,5-6,9-12,14H2,(H,21,22). The van der Waals surface area contributed by atoms with Crippen LogP contribution < -0.4 is 5.32 Å². The van der Waals surface area contributed by atoms with Crippen LogP contribution in [-0.2, 0) is 6.54 Å². The molecule has 1 aliphatic carbocycles. The monoisotopic (exact) mass is 324 g/mol. The number of hydrogen-bond donors (Lipinski definition) is 1. The highest BCUT2D eigenvalue weighted by Gasteiger charge is 2.28. The summed E-state index contributed by atoms with van der Waals surface area (Å²) in [7, 11) is 0. The van der Waals surface area contributed by atoms with Crippen molar-refractivity contribution in [2.45, 2.75) is 44.6 Å². The highest BCUT2D eigenvalue weighted by molar-refractivity contribution is 5.93. The Morgan fingerprint density at radius 2 is 1.96 bits per heavy atom. The van der Waals surface area contributed by atoms with Crippen LogP contribution in [0.15, 0.2) is 45.9 Å². The van der Waals surface area contributed by atoms with E-state index in [9.17, 15) is 0 Å². The normalized spacial score (nSPS) is 18.7. The van der Waals surface area contributed by atoms with Crippen molar-refractivity contribution in [1.82, 2.24) is 9.88 Å². The summed E-state index contributed by atoms with van der Waals surface area (Å²) in [6, 6.07) is 10.2. The van der Waals surface area contributed by atoms with Gasteiger partial charge in [-0.25, -0.2) is 9.98 Å². The minimum atomic E-state index is 0.533. The number of guanidine groups is 1. The highest BCUT2D eigenvalue weighted by Crippen LogP contribution is 2.39. The molecule has 1 aliphatic heterocycles. The number of rotatable bonds is 4. The van der Waals surface area contributed by atoms with Gasteiger partial charge in [0, 0.05) is 24.7 Å². The number of likely N-dealkylation sites (tertiary alicyclic amines) is 1. The average molecular weight is 324 g/mol. The summed E-state index contributed by atoms with van der Waals surface area (Å²) >= 11 is 0. The first-order chi connectivity index (χ1) is 11.9. The molecular formula is C19H24N4O. The second kappa shape index (κ2) is 7.07. The van der Waals surface area contributed by atoms with Gasteiger partial charge in [-0.2, -0.15) is 0 Å². The topological polar surface area (TPSA) is 53.7 Å². The number of piperidine rings is 1. The van der Waals surface area contributed by atoms with Gasteiger partial charge >= 0.3 is 0 Å². The predicted octanol–water partition coefficient (Wildman–Crippen LogP) is 4.01. The van der Waals surface area contributed by atoms with E-state index in [1.54, 1.807) is 0 Å². The lowest BCUT2D eigenvalue weighted by Crippen LogP contribution is -2.40. The van der Waals surface area contributed by atoms with E-state index in [2.05, 4.69) is 27.3 Å². The van der Waals surface area contributed by atoms with Crippen LogP contribution in [0.4, 0.5) is 5.69 Å². The first-order valence-electron chi connectivity index (χ1n) is 8.94. The van der Waals surface area contributed by atoms with Gasteiger partial charge in [0.05, 0.1) is 6.20 Å². The molecule has 4 rings (SSSR count). The number of hydrogen-bond acceptors (Lipinski definition) is 3. The SMILES string of the molecule is c1ccc(NC(=NCc2cnc(C3CC3)o2)N2CCCCC2)cc1. The highest BCUT2D eigenvalue weighted by atomic mass is 16.4. The zero-order valence-electron chi connectivity index (χ0n) is 13.9. The third-order valence-electron chi connectivity index (χ3n) is 4.57. The summed E-state index contributed by atoms with van der Waals surface area (Å²) in [6.45, 7) is 2.65. The molecule has 0 spiro atoms. The zero-order chi connectivity index (χ0) is 16.2. The van der Waals surface area contributed by atoms with Crippen LogP contribution in [0.2, 0.25) is 0 Å². The molecule has 1 N–H and O–H groups in total. The lowest BCUT2D eigenvalue weighted by atomic mass is 10.1. The van der Waals surface area contributed by atoms with Gasteiger partial charge in [0.1, 0.15) is 12.3 Å². The Bertz CT molecular complexity index is 684. The van der Waals surface area contributed by atoms with Crippen LogP contribution in [0.5, 0.6) is 0 Å². The van der Waals surface area contributed by atoms with Gasteiger partial charge in [-0.1, -0.05) is 18.2 Å². The smallest absolute Gasteiger partial charge is 0.198 e. The largest absolute Gasteiger partial charge is 0.443 e. The van der Waals surface area contributed by atoms with Gasteiger partial charge in [-0.05, 0) is 44.2 Å². The summed E-state index contributed by atoms with van der Waals surface area (Å²) in [5.41, 5.74) is 1.07. The molecule has 1 aromatic heterocycles. The fourth-order valence-electron chi connectivity index (χ4n) is 3.04. The third kappa shape index (κ3) is 3.78. The van der Waals surface area contributed by atoms with Gasteiger partial charge in [0.2, 0.25) is 0 Å². The number of aliphatic imine (C=N–C) groups is 1. The molecule has 2 fully saturated rings. The van der Waals surface area contributed by atoms with Gasteiger partial charge in [-0.3, -0.25) is 0 Å². The van der Waals surface area contributed by atoms with Crippen LogP contribution in [0, 0.1) is 0 Å². The van der Waals surface area contributed by atoms with Crippen molar-refractivity contribution in [3.05, 3.63) is 48.2 Å². The van der Waals surface area contributed by atoms with E-state index in [-0.39, 0.29) is 0 Å². The molecule has 2 aliphatic rings. The fourth-order valence-corrected chi connectivity index (χ4v) is 3.04. The second-order valence-electron chi connectivity index (χ2n) is 6.62. The molecule has 24 heavy (non-hydrogen) atoms. The summed E-state index contributed by atoms with van der Waals surface area (Å²) in [4.78, 5) is 11.5. The number of benzene rings is 1. The first kappa shape index (κ1) is 15.2. The van der Waals surface area contributed by atoms with Gasteiger partial charge in [0.25, 0.3) is 0 Å². The minimum Gasteiger partial charge on any atom is -0.443 e. The maximum atomic E-state index is 5.83. The summed E-state index contributed by atoms with van der Waals surface area (Å²) in [5, 5.41) is 3.47. The quantitative estimate of drug-likeness (QED) is 0.682. The van der Waals surface area contributed by atoms with Crippen molar-refractivity contribution in [2.75, 3.05) is 18.4 Å². The van der Waals surface area contributed by atoms with Gasteiger partial charge in [0.15, 0.2) is 11.9 Å². The van der Waals surface area contributed by atoms with Crippen LogP contribution >= 0.6 is 0 Å². The maximum absolute atomic E-state index is 5.83. The summed E-state index contributed by atoms with van der Waals surface area (Å²) < 4.78 is 5.83. The molecule has 1 saturated heterocycles. The van der Waals surface area contributed by atoms with Crippen molar-refractivity contribution in [3.8, 4) is 0 Å². The molecule has 1 aromatic carbocycles. The zero-order valence-corrected chi connectivity index (χ0v) is 13.9. The molecule has 126 valence electrons. The molecule has 0 bridgehead atoms. The molecule has 2 heterocycles. The molecule has 0 amide bonds. The van der Waals surface area contributed by atoms with E-state index in [0.717, 1.165) is 36.4 Å². The Morgan fingerprint density at radius 1 is 1.17 bits per heavy atom. The lowest BCUT2D eigenvalue weighted by molar-refractivity contribution is 0.340. The van der Waals surface area contributed by atoms with E-state index in [1.165, 1.54) is 32.1 Å². The van der Waals surface area contributed by atoms with E-state index < -0.39 is 0 Å². The van der Waals surface area contributed by atoms with Crippen molar-refractivity contribution in [3.63, 3.8) is 0 Å². The molecule has 1 saturated carbocycles. The Kier molecular flexibility index (Phi) is 4.49. The number of para-hydroxylation sites is 1. The van der Waals surface area contributed by atoms with Crippen molar-refractivity contribution < 1.29 is 4.42 Å². The van der Waals surface area contributed by atoms with Crippen LogP contribution in [-0.4, -0.2) is 28.9 Å². The Hall–Kier alpha value is -2.30. The van der Waals surface area contributed by atoms with Crippen molar-refractivity contribution >= 4 is 11.6 Å². The third-order valence-corrected chi connectivity index (χ3v) is 4.57. The maximum Gasteiger partial charge on any atom is 0.198 e. The molecule has 2 aromatic rings. The molecule has 0 radical (unpaired) electrons. The van der Waals surface area contributed by atoms with Gasteiger partial charge in [-0.15, -0.1) is 0 Å². The number of nitrogens with zero attached hydrogens (tertiary/aromatic N) is 3. The van der Waals surface area contributed by atoms with E-state index in [0.29, 0.717) is 12.5 Å². The van der Waals surface area contributed by atoms with E-state index in [4.69, 9.17) is 9.41 Å². The summed E-state index contributed by atoms with van der Waals surface area (Å²) in [6.07, 6.45) is 8.00. The number of oxazole rings is 1. The number of nitrogens with one attached hydrogen (secondary N) is 1. The lowest BCUT2D eigenvalue weighted by Gasteiger charge is -2.30. The molecule has 5 heteroatoms. The average Bonchev–Trinajstić information content (AvgIpc) is 3.39. The molecule has 5 nitrogen and oxygen atoms in total. The summed E-state index contributed by atoms with van der Waals surface area (Å²) in [5.74, 6) is 3.22. The van der Waals surface area contributed by atoms with Crippen molar-refractivity contribution in [1.29, 1.82) is 0 Å². The Balaban J connectivity index is 1.48. The number of aromatic nitrogens is 1. The number of anilines is 1. The second-order valence-corrected chi connectivity index (χ2v) is 6.62. The Morgan fingerprint density at radius 3 is 2.71 bits per heavy atom. The van der Waals surface area contributed by atoms with Gasteiger partial charge < -0.3 is 14.6 Å². The molecule has 0 unspecified atom stereocenters. The van der Waals surface area contributed by atoms with Crippen LogP contribution in [0.25, 0.3) is 0 Å². The predicted molar refractivity (Wildman–Crippen MR) is 95.1 cm³/mol. The Labute approximate surface area is 142 Å². The van der Waals surface area contributed by atoms with E-state index in [1.807, 2.05) is 24.4 Å². The first-order valence-corrected chi connectivity index (χ1v) is 8.94. The van der Waals surface area contributed by atoms with Crippen LogP contribution in [0.3, 0.4) is 0 Å².